The van der Waals surface area contributed by atoms with Crippen LogP contribution in [-0.4, -0.2) is 28.3 Å². The molecule has 2 heterocycles. The number of carbonyl (C=O) groups is 1. The molecule has 100 valence electrons. The van der Waals surface area contributed by atoms with Gasteiger partial charge in [0.25, 0.3) is 0 Å². The van der Waals surface area contributed by atoms with Gasteiger partial charge in [-0.3, -0.25) is 0 Å². The van der Waals surface area contributed by atoms with Crippen LogP contribution < -0.4 is 5.73 Å². The summed E-state index contributed by atoms with van der Waals surface area (Å²) in [6.07, 6.45) is 0.399. The van der Waals surface area contributed by atoms with Gasteiger partial charge in [-0.1, -0.05) is 5.16 Å². The minimum absolute atomic E-state index is 0.314. The molecule has 1 aromatic heterocycles. The normalized spacial score (nSPS) is 15.4. The molecule has 0 aliphatic carbocycles. The molecule has 1 aliphatic heterocycles. The van der Waals surface area contributed by atoms with E-state index < -0.39 is 5.60 Å². The molecule has 1 aromatic rings. The number of rotatable bonds is 1. The SMILES string of the molecule is CC(C)(C)OC(=O)N1CCc2c(noc2CN)C1. The predicted molar refractivity (Wildman–Crippen MR) is 64.7 cm³/mol. The van der Waals surface area contributed by atoms with Crippen molar-refractivity contribution in [1.29, 1.82) is 0 Å². The van der Waals surface area contributed by atoms with Crippen LogP contribution >= 0.6 is 0 Å². The van der Waals surface area contributed by atoms with Crippen LogP contribution in [0, 0.1) is 0 Å². The average Bonchev–Trinajstić information content (AvgIpc) is 2.68. The smallest absolute Gasteiger partial charge is 0.410 e. The number of fused-ring (bicyclic) bond motifs is 1. The fourth-order valence-corrected chi connectivity index (χ4v) is 1.94. The Morgan fingerprint density at radius 2 is 2.28 bits per heavy atom. The lowest BCUT2D eigenvalue weighted by atomic mass is 10.1. The predicted octanol–water partition coefficient (Wildman–Crippen LogP) is 1.43. The number of hydrogen-bond donors (Lipinski definition) is 1. The number of nitrogens with zero attached hydrogens (tertiary/aromatic N) is 2. The minimum Gasteiger partial charge on any atom is -0.444 e. The van der Waals surface area contributed by atoms with Crippen molar-refractivity contribution < 1.29 is 14.1 Å². The first-order valence-corrected chi connectivity index (χ1v) is 6.05. The van der Waals surface area contributed by atoms with Crippen molar-refractivity contribution in [2.45, 2.75) is 45.9 Å². The van der Waals surface area contributed by atoms with Gasteiger partial charge < -0.3 is 19.9 Å². The molecule has 0 atom stereocenters. The van der Waals surface area contributed by atoms with E-state index in [2.05, 4.69) is 5.16 Å². The maximum Gasteiger partial charge on any atom is 0.410 e. The monoisotopic (exact) mass is 253 g/mol. The van der Waals surface area contributed by atoms with Crippen LogP contribution in [0.1, 0.15) is 37.8 Å². The molecule has 0 saturated carbocycles. The number of amides is 1. The molecule has 6 heteroatoms. The first kappa shape index (κ1) is 12.9. The Morgan fingerprint density at radius 1 is 1.56 bits per heavy atom. The van der Waals surface area contributed by atoms with Gasteiger partial charge in [0.15, 0.2) is 5.76 Å². The number of aromatic nitrogens is 1. The third-order valence-electron chi connectivity index (χ3n) is 2.76. The molecule has 0 fully saturated rings. The van der Waals surface area contributed by atoms with E-state index in [1.54, 1.807) is 4.90 Å². The Bertz CT molecular complexity index is 448. The van der Waals surface area contributed by atoms with Gasteiger partial charge in [0.2, 0.25) is 0 Å². The van der Waals surface area contributed by atoms with Gasteiger partial charge >= 0.3 is 6.09 Å². The number of nitrogens with two attached hydrogens (primary N) is 1. The molecule has 0 unspecified atom stereocenters. The summed E-state index contributed by atoms with van der Waals surface area (Å²) in [6.45, 7) is 6.92. The molecular weight excluding hydrogens is 234 g/mol. The summed E-state index contributed by atoms with van der Waals surface area (Å²) in [5.74, 6) is 0.717. The van der Waals surface area contributed by atoms with Crippen molar-refractivity contribution in [3.63, 3.8) is 0 Å². The molecule has 0 radical (unpaired) electrons. The number of hydrogen-bond acceptors (Lipinski definition) is 5. The molecule has 1 amide bonds. The van der Waals surface area contributed by atoms with Gasteiger partial charge in [0.05, 0.1) is 13.1 Å². The van der Waals surface area contributed by atoms with Crippen LogP contribution in [-0.2, 0) is 24.2 Å². The Labute approximate surface area is 106 Å². The standard InChI is InChI=1S/C12H19N3O3/c1-12(2,3)17-11(16)15-5-4-8-9(7-15)14-18-10(8)6-13/h4-7,13H2,1-3H3. The summed E-state index contributed by atoms with van der Waals surface area (Å²) in [5, 5.41) is 3.95. The van der Waals surface area contributed by atoms with E-state index in [0.29, 0.717) is 31.8 Å². The second-order valence-corrected chi connectivity index (χ2v) is 5.39. The van der Waals surface area contributed by atoms with E-state index >= 15 is 0 Å². The molecule has 2 rings (SSSR count). The average molecular weight is 253 g/mol. The van der Waals surface area contributed by atoms with E-state index in [1.165, 1.54) is 0 Å². The molecule has 2 N–H and O–H groups in total. The molecule has 6 nitrogen and oxygen atoms in total. The van der Waals surface area contributed by atoms with Gasteiger partial charge in [-0.25, -0.2) is 4.79 Å². The Kier molecular flexibility index (Phi) is 3.30. The second kappa shape index (κ2) is 4.61. The van der Waals surface area contributed by atoms with Crippen LogP contribution in [0.15, 0.2) is 4.52 Å². The Hall–Kier alpha value is -1.56. The molecular formula is C12H19N3O3. The molecule has 0 saturated heterocycles. The van der Waals surface area contributed by atoms with E-state index in [1.807, 2.05) is 20.8 Å². The van der Waals surface area contributed by atoms with Gasteiger partial charge in [-0.05, 0) is 27.2 Å². The van der Waals surface area contributed by atoms with E-state index in [-0.39, 0.29) is 6.09 Å². The highest BCUT2D eigenvalue weighted by atomic mass is 16.6. The van der Waals surface area contributed by atoms with Gasteiger partial charge in [0.1, 0.15) is 11.3 Å². The summed E-state index contributed by atoms with van der Waals surface area (Å²) in [4.78, 5) is 13.6. The van der Waals surface area contributed by atoms with Gasteiger partial charge in [-0.15, -0.1) is 0 Å². The largest absolute Gasteiger partial charge is 0.444 e. The summed E-state index contributed by atoms with van der Waals surface area (Å²) < 4.78 is 10.5. The van der Waals surface area contributed by atoms with Crippen molar-refractivity contribution in [2.24, 2.45) is 5.73 Å². The fourth-order valence-electron chi connectivity index (χ4n) is 1.94. The lowest BCUT2D eigenvalue weighted by molar-refractivity contribution is 0.0220. The fraction of sp³-hybridized carbons (Fsp3) is 0.667. The third-order valence-corrected chi connectivity index (χ3v) is 2.76. The zero-order chi connectivity index (χ0) is 13.3. The van der Waals surface area contributed by atoms with Crippen LogP contribution in [0.5, 0.6) is 0 Å². The van der Waals surface area contributed by atoms with Gasteiger partial charge in [0, 0.05) is 12.1 Å². The third kappa shape index (κ3) is 2.64. The van der Waals surface area contributed by atoms with E-state index in [0.717, 1.165) is 11.3 Å². The first-order chi connectivity index (χ1) is 8.40. The quantitative estimate of drug-likeness (QED) is 0.818. The van der Waals surface area contributed by atoms with Crippen LogP contribution in [0.3, 0.4) is 0 Å². The van der Waals surface area contributed by atoms with Crippen molar-refractivity contribution in [2.75, 3.05) is 6.54 Å². The summed E-state index contributed by atoms with van der Waals surface area (Å²) in [6, 6.07) is 0. The molecule has 18 heavy (non-hydrogen) atoms. The molecule has 0 spiro atoms. The molecule has 0 bridgehead atoms. The van der Waals surface area contributed by atoms with Crippen molar-refractivity contribution in [3.8, 4) is 0 Å². The highest BCUT2D eigenvalue weighted by Crippen LogP contribution is 2.23. The highest BCUT2D eigenvalue weighted by molar-refractivity contribution is 5.68. The lowest BCUT2D eigenvalue weighted by Crippen LogP contribution is -2.40. The summed E-state index contributed by atoms with van der Waals surface area (Å²) in [5.41, 5.74) is 6.90. The van der Waals surface area contributed by atoms with Crippen molar-refractivity contribution in [1.82, 2.24) is 10.1 Å². The zero-order valence-electron chi connectivity index (χ0n) is 11.0. The summed E-state index contributed by atoms with van der Waals surface area (Å²) in [7, 11) is 0. The summed E-state index contributed by atoms with van der Waals surface area (Å²) >= 11 is 0. The topological polar surface area (TPSA) is 81.6 Å². The Balaban J connectivity index is 2.06. The van der Waals surface area contributed by atoms with Gasteiger partial charge in [-0.2, -0.15) is 0 Å². The highest BCUT2D eigenvalue weighted by Gasteiger charge is 2.29. The molecule has 0 aromatic carbocycles. The minimum atomic E-state index is -0.483. The van der Waals surface area contributed by atoms with Crippen molar-refractivity contribution >= 4 is 6.09 Å². The Morgan fingerprint density at radius 3 is 2.89 bits per heavy atom. The van der Waals surface area contributed by atoms with Crippen LogP contribution in [0.2, 0.25) is 0 Å². The van der Waals surface area contributed by atoms with E-state index in [4.69, 9.17) is 15.0 Å². The lowest BCUT2D eigenvalue weighted by Gasteiger charge is -2.29. The van der Waals surface area contributed by atoms with E-state index in [9.17, 15) is 4.79 Å². The second-order valence-electron chi connectivity index (χ2n) is 5.39. The number of ether oxygens (including phenoxy) is 1. The van der Waals surface area contributed by atoms with Crippen LogP contribution in [0.25, 0.3) is 0 Å². The number of carbonyl (C=O) groups excluding carboxylic acids is 1. The maximum atomic E-state index is 11.9. The van der Waals surface area contributed by atoms with Crippen molar-refractivity contribution in [3.05, 3.63) is 17.0 Å². The first-order valence-electron chi connectivity index (χ1n) is 6.05. The molecule has 1 aliphatic rings. The van der Waals surface area contributed by atoms with Crippen LogP contribution in [0.4, 0.5) is 4.79 Å². The maximum absolute atomic E-state index is 11.9. The zero-order valence-corrected chi connectivity index (χ0v) is 11.0.